The number of aryl methyl sites for hydroxylation is 2. The largest absolute Gasteiger partial charge is 1.00 e. The number of fused-ring (bicyclic) bond motifs is 1. The van der Waals surface area contributed by atoms with Gasteiger partial charge < -0.3 is 12.4 Å². The molecule has 4 rings (SSSR count). The minimum Gasteiger partial charge on any atom is -1.00 e. The van der Waals surface area contributed by atoms with Gasteiger partial charge in [0, 0.05) is 0 Å². The summed E-state index contributed by atoms with van der Waals surface area (Å²) in [5.41, 5.74) is 5.94. The van der Waals surface area contributed by atoms with Crippen molar-refractivity contribution in [3.63, 3.8) is 0 Å². The second-order valence-corrected chi connectivity index (χ2v) is 14.1. The Hall–Kier alpha value is -1.80. The second kappa shape index (κ2) is 10.5. The molecular formula is C30H42ClCrN2O2+. The average molecular weight is 550 g/mol. The third-order valence-electron chi connectivity index (χ3n) is 7.25. The van der Waals surface area contributed by atoms with Crippen molar-refractivity contribution < 1.29 is 45.4 Å². The maximum absolute atomic E-state index is 11.2. The summed E-state index contributed by atoms with van der Waals surface area (Å²) in [7, 11) is 0. The molecule has 2 aliphatic rings. The van der Waals surface area contributed by atoms with E-state index in [1.807, 2.05) is 0 Å². The molecule has 0 spiro atoms. The van der Waals surface area contributed by atoms with Gasteiger partial charge in [-0.1, -0.05) is 0 Å². The first kappa shape index (κ1) is 28.8. The van der Waals surface area contributed by atoms with Crippen LogP contribution in [0.15, 0.2) is 24.3 Å². The fourth-order valence-corrected chi connectivity index (χ4v) is 7.37. The third-order valence-corrected chi connectivity index (χ3v) is 9.02. The fraction of sp³-hybridized carbons (Fsp3) is 0.533. The summed E-state index contributed by atoms with van der Waals surface area (Å²) in [5.74, 6) is 0.805. The van der Waals surface area contributed by atoms with E-state index in [2.05, 4.69) is 99.2 Å². The number of hydrogen-bond donors (Lipinski definition) is 2. The van der Waals surface area contributed by atoms with E-state index in [1.54, 1.807) is 0 Å². The summed E-state index contributed by atoms with van der Waals surface area (Å²) in [6, 6.07) is 9.30. The number of hydrogen-bond acceptors (Lipinski definition) is 2. The van der Waals surface area contributed by atoms with Gasteiger partial charge in [0.25, 0.3) is 0 Å². The molecule has 0 aromatic heterocycles. The molecule has 1 heterocycles. The van der Waals surface area contributed by atoms with Gasteiger partial charge in [-0.3, -0.25) is 0 Å². The van der Waals surface area contributed by atoms with Gasteiger partial charge in [-0.2, -0.15) is 0 Å². The zero-order valence-electron chi connectivity index (χ0n) is 23.0. The number of phenolic OH excluding ortho intramolecular Hbond substituents is 2. The van der Waals surface area contributed by atoms with Crippen LogP contribution in [-0.2, 0) is 26.5 Å². The molecule has 0 bridgehead atoms. The van der Waals surface area contributed by atoms with Crippen LogP contribution in [0.2, 0.25) is 0 Å². The van der Waals surface area contributed by atoms with E-state index in [-0.39, 0.29) is 38.9 Å². The first-order chi connectivity index (χ1) is 16.3. The Bertz CT molecular complexity index is 1110. The molecule has 0 amide bonds. The van der Waals surface area contributed by atoms with Gasteiger partial charge in [-0.05, 0) is 0 Å². The van der Waals surface area contributed by atoms with Crippen molar-refractivity contribution in [2.45, 2.75) is 104 Å². The Kier molecular flexibility index (Phi) is 8.41. The molecule has 0 unspecified atom stereocenters. The van der Waals surface area contributed by atoms with Gasteiger partial charge in [0.05, 0.1) is 0 Å². The minimum atomic E-state index is -0.116. The summed E-state index contributed by atoms with van der Waals surface area (Å²) in [4.78, 5) is 0. The van der Waals surface area contributed by atoms with E-state index in [0.717, 1.165) is 22.3 Å². The molecule has 0 radical (unpaired) electrons. The van der Waals surface area contributed by atoms with Crippen molar-refractivity contribution >= 4 is 12.4 Å². The number of benzene rings is 2. The van der Waals surface area contributed by atoms with Crippen LogP contribution in [0, 0.1) is 13.8 Å². The van der Waals surface area contributed by atoms with Crippen LogP contribution in [0.1, 0.15) is 101 Å². The van der Waals surface area contributed by atoms with Gasteiger partial charge in [0.15, 0.2) is 0 Å². The molecule has 36 heavy (non-hydrogen) atoms. The average Bonchev–Trinajstić information content (AvgIpc) is 3.08. The van der Waals surface area contributed by atoms with Gasteiger partial charge in [0.2, 0.25) is 0 Å². The molecule has 1 saturated carbocycles. The number of phenols is 2. The van der Waals surface area contributed by atoms with Crippen molar-refractivity contribution in [3.05, 3.63) is 57.6 Å². The van der Waals surface area contributed by atoms with E-state index >= 15 is 0 Å². The zero-order chi connectivity index (χ0) is 25.7. The number of halogens is 1. The quantitative estimate of drug-likeness (QED) is 0.605. The predicted molar refractivity (Wildman–Crippen MR) is 140 cm³/mol. The van der Waals surface area contributed by atoms with Crippen LogP contribution in [0.25, 0.3) is 0 Å². The van der Waals surface area contributed by atoms with Gasteiger partial charge in [-0.15, -0.1) is 0 Å². The van der Waals surface area contributed by atoms with E-state index in [0.29, 0.717) is 23.6 Å². The van der Waals surface area contributed by atoms with Crippen molar-refractivity contribution in [2.75, 3.05) is 0 Å². The second-order valence-electron chi connectivity index (χ2n) is 12.5. The van der Waals surface area contributed by atoms with Crippen LogP contribution in [-0.4, -0.2) is 41.8 Å². The molecule has 1 aliphatic carbocycles. The predicted octanol–water partition coefficient (Wildman–Crippen LogP) is 3.11. The van der Waals surface area contributed by atoms with Crippen molar-refractivity contribution in [2.24, 2.45) is 0 Å². The van der Waals surface area contributed by atoms with Gasteiger partial charge >= 0.3 is 219 Å². The summed E-state index contributed by atoms with van der Waals surface area (Å²) in [5, 5.41) is 22.3. The molecule has 1 saturated heterocycles. The Labute approximate surface area is 230 Å². The monoisotopic (exact) mass is 549 g/mol. The smallest absolute Gasteiger partial charge is 1.00 e. The van der Waals surface area contributed by atoms with Crippen LogP contribution < -0.4 is 12.4 Å². The van der Waals surface area contributed by atoms with E-state index in [1.165, 1.54) is 36.8 Å². The van der Waals surface area contributed by atoms with Crippen LogP contribution in [0.5, 0.6) is 11.5 Å². The van der Waals surface area contributed by atoms with Gasteiger partial charge in [-0.25, -0.2) is 0 Å². The van der Waals surface area contributed by atoms with Crippen molar-refractivity contribution in [1.29, 1.82) is 0 Å². The third kappa shape index (κ3) is 5.85. The normalized spacial score (nSPS) is 22.6. The van der Waals surface area contributed by atoms with Crippen LogP contribution in [0.3, 0.4) is 0 Å². The Morgan fingerprint density at radius 1 is 0.722 bits per heavy atom. The Morgan fingerprint density at radius 3 is 1.42 bits per heavy atom. The van der Waals surface area contributed by atoms with Gasteiger partial charge in [0.1, 0.15) is 0 Å². The SMILES string of the molecule is Cc1cc(C=[N+]2[Cr][N+](=Cc3cc(C)cc(C(C)(C)C)c3O)[C@@H]3CCCC[C@H]32)c(O)c(C(C)(C)C)c1.[Cl-]. The van der Waals surface area contributed by atoms with Crippen LogP contribution in [0.4, 0.5) is 0 Å². The Balaban J connectivity index is 0.00000361. The molecule has 6 heteroatoms. The maximum Gasteiger partial charge on any atom is -1.00 e. The summed E-state index contributed by atoms with van der Waals surface area (Å²) < 4.78 is 4.96. The summed E-state index contributed by atoms with van der Waals surface area (Å²) in [6.07, 6.45) is 9.22. The molecule has 2 fully saturated rings. The first-order valence-electron chi connectivity index (χ1n) is 12.9. The molecule has 1 aliphatic heterocycles. The maximum atomic E-state index is 11.2. The van der Waals surface area contributed by atoms with Crippen LogP contribution >= 0.6 is 0 Å². The van der Waals surface area contributed by atoms with E-state index in [4.69, 9.17) is 0 Å². The topological polar surface area (TPSA) is 46.5 Å². The summed E-state index contributed by atoms with van der Waals surface area (Å²) in [6.45, 7) is 17.1. The number of aromatic hydroxyl groups is 2. The molecule has 4 nitrogen and oxygen atoms in total. The molecule has 2 atom stereocenters. The van der Waals surface area contributed by atoms with Crippen molar-refractivity contribution in [1.82, 2.24) is 0 Å². The molecule has 2 aromatic carbocycles. The number of nitrogens with zero attached hydrogens (tertiary/aromatic N) is 2. The molecule has 2 aromatic rings. The zero-order valence-corrected chi connectivity index (χ0v) is 25.1. The molecule has 2 N–H and O–H groups in total. The van der Waals surface area contributed by atoms with E-state index in [9.17, 15) is 10.2 Å². The molecular weight excluding hydrogens is 508 g/mol. The molecule has 196 valence electrons. The minimum absolute atomic E-state index is 0. The fourth-order valence-electron chi connectivity index (χ4n) is 5.38. The Morgan fingerprint density at radius 2 is 1.08 bits per heavy atom. The number of rotatable bonds is 2. The first-order valence-corrected chi connectivity index (χ1v) is 14.0. The standard InChI is InChI=1S/C30H42N2O2.ClH.Cr/c1-19-13-21(27(33)23(15-19)29(3,4)5)17-31-25-11-9-10-12-26(25)32-18-22-14-20(2)16-24(28(22)34)30(6,7)8;;/h13-18,25-26,33-34H,9-12H2,1-8H3;1H;/q;;+2/p-1/t25-,26-;;/m1../s1. The summed E-state index contributed by atoms with van der Waals surface area (Å²) >= 11 is 0.0514. The van der Waals surface area contributed by atoms with Crippen molar-refractivity contribution in [3.8, 4) is 11.5 Å². The van der Waals surface area contributed by atoms with E-state index < -0.39 is 0 Å².